The molecule has 0 unspecified atom stereocenters. The molecule has 1 aromatic heterocycles. The quantitative estimate of drug-likeness (QED) is 0.337. The lowest BCUT2D eigenvalue weighted by atomic mass is 10.1. The van der Waals surface area contributed by atoms with Gasteiger partial charge in [-0.1, -0.05) is 11.6 Å². The second-order valence-electron chi connectivity index (χ2n) is 3.52. The number of hydrogen-bond donors (Lipinski definition) is 0. The fraction of sp³-hybridized carbons (Fsp3) is 0.364. The molecule has 1 rings (SSSR count). The van der Waals surface area contributed by atoms with E-state index < -0.39 is 28.8 Å². The lowest BCUT2D eigenvalue weighted by molar-refractivity contribution is -0.386. The highest BCUT2D eigenvalue weighted by Gasteiger charge is 2.29. The number of aromatic nitrogens is 1. The molecule has 1 aromatic rings. The molecule has 0 aliphatic carbocycles. The van der Waals surface area contributed by atoms with Crippen molar-refractivity contribution in [2.45, 2.75) is 13.3 Å². The maximum absolute atomic E-state index is 11.6. The first kappa shape index (κ1) is 15.8. The minimum atomic E-state index is -1.08. The summed E-state index contributed by atoms with van der Waals surface area (Å²) < 4.78 is 9.28. The highest BCUT2D eigenvalue weighted by molar-refractivity contribution is 6.36. The maximum Gasteiger partial charge on any atom is 0.374 e. The molecule has 0 spiro atoms. The van der Waals surface area contributed by atoms with E-state index in [9.17, 15) is 19.7 Å². The van der Waals surface area contributed by atoms with Crippen molar-refractivity contribution >= 4 is 29.0 Å². The summed E-state index contributed by atoms with van der Waals surface area (Å²) in [5, 5.41) is 10.9. The van der Waals surface area contributed by atoms with Crippen LogP contribution in [0.15, 0.2) is 6.20 Å². The largest absolute Gasteiger partial charge is 0.476 e. The average molecular weight is 303 g/mol. The number of halogens is 1. The molecule has 0 aliphatic rings. The summed E-state index contributed by atoms with van der Waals surface area (Å²) in [6, 6.07) is 0. The van der Waals surface area contributed by atoms with Crippen LogP contribution in [0.3, 0.4) is 0 Å². The number of hydrogen-bond acceptors (Lipinski definition) is 7. The number of nitro groups is 1. The van der Waals surface area contributed by atoms with Crippen molar-refractivity contribution in [2.24, 2.45) is 0 Å². The summed E-state index contributed by atoms with van der Waals surface area (Å²) in [5.74, 6) is -2.30. The van der Waals surface area contributed by atoms with Crippen LogP contribution in [-0.2, 0) is 20.7 Å². The Morgan fingerprint density at radius 1 is 1.50 bits per heavy atom. The number of rotatable bonds is 6. The SMILES string of the molecule is CCOC(=O)C(=O)Cc1c(Cl)cnc(OC)c1[N+](=O)[O-]. The monoisotopic (exact) mass is 302 g/mol. The van der Waals surface area contributed by atoms with E-state index in [-0.39, 0.29) is 23.1 Å². The normalized spacial score (nSPS) is 9.95. The van der Waals surface area contributed by atoms with Crippen molar-refractivity contribution in [1.82, 2.24) is 4.98 Å². The van der Waals surface area contributed by atoms with E-state index >= 15 is 0 Å². The lowest BCUT2D eigenvalue weighted by Crippen LogP contribution is -2.20. The number of nitrogens with zero attached hydrogens (tertiary/aromatic N) is 2. The van der Waals surface area contributed by atoms with Crippen LogP contribution in [0.4, 0.5) is 5.69 Å². The third kappa shape index (κ3) is 3.41. The van der Waals surface area contributed by atoms with Gasteiger partial charge < -0.3 is 9.47 Å². The molecule has 8 nitrogen and oxygen atoms in total. The molecule has 0 saturated carbocycles. The fourth-order valence-electron chi connectivity index (χ4n) is 1.45. The van der Waals surface area contributed by atoms with Crippen LogP contribution >= 0.6 is 11.6 Å². The molecule has 0 atom stereocenters. The molecule has 0 aliphatic heterocycles. The van der Waals surface area contributed by atoms with E-state index in [1.165, 1.54) is 14.0 Å². The Bertz CT molecular complexity index is 560. The first-order chi connectivity index (χ1) is 9.42. The fourth-order valence-corrected chi connectivity index (χ4v) is 1.65. The Hall–Kier alpha value is -2.22. The van der Waals surface area contributed by atoms with Gasteiger partial charge in [-0.05, 0) is 6.92 Å². The molecular formula is C11H11ClN2O6. The number of ether oxygens (including phenoxy) is 2. The summed E-state index contributed by atoms with van der Waals surface area (Å²) in [4.78, 5) is 36.8. The minimum Gasteiger partial charge on any atom is -0.476 e. The molecule has 0 aromatic carbocycles. The van der Waals surface area contributed by atoms with Gasteiger partial charge in [-0.15, -0.1) is 0 Å². The average Bonchev–Trinajstić information content (AvgIpc) is 2.40. The van der Waals surface area contributed by atoms with Gasteiger partial charge >= 0.3 is 11.7 Å². The van der Waals surface area contributed by atoms with Gasteiger partial charge in [-0.2, -0.15) is 0 Å². The standard InChI is InChI=1S/C11H11ClN2O6/c1-3-20-11(16)8(15)4-6-7(12)5-13-10(19-2)9(6)14(17)18/h5H,3-4H2,1-2H3. The van der Waals surface area contributed by atoms with E-state index in [4.69, 9.17) is 16.3 Å². The Morgan fingerprint density at radius 2 is 2.15 bits per heavy atom. The van der Waals surface area contributed by atoms with Crippen molar-refractivity contribution in [2.75, 3.05) is 13.7 Å². The van der Waals surface area contributed by atoms with Crippen molar-refractivity contribution in [3.63, 3.8) is 0 Å². The number of carbonyl (C=O) groups is 2. The molecule has 1 heterocycles. The second kappa shape index (κ2) is 6.80. The Balaban J connectivity index is 3.20. The van der Waals surface area contributed by atoms with Gasteiger partial charge in [-0.25, -0.2) is 9.78 Å². The molecule has 0 N–H and O–H groups in total. The van der Waals surface area contributed by atoms with Crippen LogP contribution in [-0.4, -0.2) is 35.4 Å². The second-order valence-corrected chi connectivity index (χ2v) is 3.93. The van der Waals surface area contributed by atoms with Crippen molar-refractivity contribution in [3.05, 3.63) is 26.9 Å². The zero-order valence-corrected chi connectivity index (χ0v) is 11.5. The van der Waals surface area contributed by atoms with Crippen LogP contribution in [0.5, 0.6) is 5.88 Å². The summed E-state index contributed by atoms with van der Waals surface area (Å²) in [6.45, 7) is 1.57. The van der Waals surface area contributed by atoms with Gasteiger partial charge in [0.2, 0.25) is 5.78 Å². The maximum atomic E-state index is 11.6. The van der Waals surface area contributed by atoms with Gasteiger partial charge in [0, 0.05) is 0 Å². The Kier molecular flexibility index (Phi) is 5.39. The van der Waals surface area contributed by atoms with E-state index in [0.717, 1.165) is 6.20 Å². The van der Waals surface area contributed by atoms with Gasteiger partial charge in [-0.3, -0.25) is 14.9 Å². The van der Waals surface area contributed by atoms with Crippen LogP contribution in [0.2, 0.25) is 5.02 Å². The van der Waals surface area contributed by atoms with Crippen LogP contribution in [0.25, 0.3) is 0 Å². The molecule has 0 bridgehead atoms. The number of ketones is 1. The first-order valence-corrected chi connectivity index (χ1v) is 5.85. The highest BCUT2D eigenvalue weighted by atomic mass is 35.5. The summed E-state index contributed by atoms with van der Waals surface area (Å²) >= 11 is 5.80. The number of esters is 1. The van der Waals surface area contributed by atoms with Crippen molar-refractivity contribution in [3.8, 4) is 5.88 Å². The number of pyridine rings is 1. The van der Waals surface area contributed by atoms with Crippen LogP contribution < -0.4 is 4.74 Å². The third-order valence-corrected chi connectivity index (χ3v) is 2.61. The van der Waals surface area contributed by atoms with Gasteiger partial charge in [0.1, 0.15) is 0 Å². The highest BCUT2D eigenvalue weighted by Crippen LogP contribution is 2.33. The summed E-state index contributed by atoms with van der Waals surface area (Å²) in [7, 11) is 1.19. The smallest absolute Gasteiger partial charge is 0.374 e. The Morgan fingerprint density at radius 3 is 2.65 bits per heavy atom. The lowest BCUT2D eigenvalue weighted by Gasteiger charge is -2.07. The first-order valence-electron chi connectivity index (χ1n) is 5.48. The van der Waals surface area contributed by atoms with Crippen LogP contribution in [0.1, 0.15) is 12.5 Å². The van der Waals surface area contributed by atoms with Crippen molar-refractivity contribution in [1.29, 1.82) is 0 Å². The zero-order chi connectivity index (χ0) is 15.3. The predicted molar refractivity (Wildman–Crippen MR) is 67.8 cm³/mol. The third-order valence-electron chi connectivity index (χ3n) is 2.29. The van der Waals surface area contributed by atoms with E-state index in [0.29, 0.717) is 0 Å². The van der Waals surface area contributed by atoms with Gasteiger partial charge in [0.05, 0.1) is 41.8 Å². The van der Waals surface area contributed by atoms with E-state index in [1.54, 1.807) is 0 Å². The minimum absolute atomic E-state index is 0.0278. The Labute approximate surface area is 118 Å². The molecule has 0 radical (unpaired) electrons. The zero-order valence-electron chi connectivity index (χ0n) is 10.7. The topological polar surface area (TPSA) is 109 Å². The molecule has 9 heteroatoms. The molecule has 20 heavy (non-hydrogen) atoms. The molecular weight excluding hydrogens is 292 g/mol. The van der Waals surface area contributed by atoms with Crippen LogP contribution in [0, 0.1) is 10.1 Å². The molecule has 0 saturated heterocycles. The number of methoxy groups -OCH3 is 1. The van der Waals surface area contributed by atoms with E-state index in [2.05, 4.69) is 9.72 Å². The predicted octanol–water partition coefficient (Wildman–Crippen LogP) is 1.33. The number of Topliss-reactive ketones (excluding diaryl/α,β-unsaturated/α-hetero) is 1. The molecule has 0 amide bonds. The van der Waals surface area contributed by atoms with E-state index in [1.807, 2.05) is 0 Å². The summed E-state index contributed by atoms with van der Waals surface area (Å²) in [6.07, 6.45) is 0.550. The molecule has 108 valence electrons. The summed E-state index contributed by atoms with van der Waals surface area (Å²) in [5.41, 5.74) is -0.681. The van der Waals surface area contributed by atoms with Crippen molar-refractivity contribution < 1.29 is 24.0 Å². The molecule has 0 fully saturated rings. The van der Waals surface area contributed by atoms with Gasteiger partial charge in [0.25, 0.3) is 5.88 Å². The van der Waals surface area contributed by atoms with Gasteiger partial charge in [0.15, 0.2) is 0 Å². The number of carbonyl (C=O) groups excluding carboxylic acids is 2.